The number of nitrogens with one attached hydrogen (secondary N) is 2. The van der Waals surface area contributed by atoms with Crippen LogP contribution in [0.1, 0.15) is 25.7 Å². The van der Waals surface area contributed by atoms with Crippen LogP contribution in [0.5, 0.6) is 0 Å². The summed E-state index contributed by atoms with van der Waals surface area (Å²) in [7, 11) is 0. The molecule has 2 amide bonds. The molecule has 0 saturated heterocycles. The molecule has 0 bridgehead atoms. The van der Waals surface area contributed by atoms with E-state index < -0.39 is 0 Å². The van der Waals surface area contributed by atoms with Crippen molar-refractivity contribution in [3.63, 3.8) is 0 Å². The van der Waals surface area contributed by atoms with Crippen LogP contribution in [0.2, 0.25) is 0 Å². The van der Waals surface area contributed by atoms with E-state index in [1.165, 1.54) is 6.42 Å². The maximum Gasteiger partial charge on any atom is 0.339 e. The second-order valence-electron chi connectivity index (χ2n) is 2.99. The SMILES string of the molecule is O=C1NN=C2CCCCC=C2N1. The number of hydrazone groups is 1. The Balaban J connectivity index is 2.25. The van der Waals surface area contributed by atoms with Gasteiger partial charge in [0, 0.05) is 0 Å². The van der Waals surface area contributed by atoms with E-state index in [2.05, 4.69) is 15.8 Å². The van der Waals surface area contributed by atoms with Crippen LogP contribution in [0.15, 0.2) is 16.9 Å². The summed E-state index contributed by atoms with van der Waals surface area (Å²) >= 11 is 0. The number of carbonyl (C=O) groups is 1. The van der Waals surface area contributed by atoms with Gasteiger partial charge in [-0.25, -0.2) is 10.2 Å². The first kappa shape index (κ1) is 7.34. The van der Waals surface area contributed by atoms with Crippen LogP contribution in [0.25, 0.3) is 0 Å². The molecule has 0 aromatic carbocycles. The summed E-state index contributed by atoms with van der Waals surface area (Å²) in [5.41, 5.74) is 4.28. The molecule has 0 saturated carbocycles. The predicted octanol–water partition coefficient (Wildman–Crippen LogP) is 1.11. The zero-order valence-electron chi connectivity index (χ0n) is 6.76. The number of carbonyl (C=O) groups excluding carboxylic acids is 1. The van der Waals surface area contributed by atoms with Crippen molar-refractivity contribution in [2.45, 2.75) is 25.7 Å². The second-order valence-corrected chi connectivity index (χ2v) is 2.99. The highest BCUT2D eigenvalue weighted by Gasteiger charge is 2.17. The normalized spacial score (nSPS) is 22.5. The average Bonchev–Trinajstić information content (AvgIpc) is 2.28. The number of urea groups is 1. The molecule has 1 heterocycles. The van der Waals surface area contributed by atoms with Gasteiger partial charge in [0.15, 0.2) is 0 Å². The lowest BCUT2D eigenvalue weighted by molar-refractivity contribution is 0.243. The van der Waals surface area contributed by atoms with Gasteiger partial charge in [0.2, 0.25) is 0 Å². The lowest BCUT2D eigenvalue weighted by atomic mass is 10.2. The predicted molar refractivity (Wildman–Crippen MR) is 45.7 cm³/mol. The van der Waals surface area contributed by atoms with Crippen LogP contribution in [-0.2, 0) is 0 Å². The van der Waals surface area contributed by atoms with Gasteiger partial charge in [-0.05, 0) is 25.7 Å². The fraction of sp³-hybridized carbons (Fsp3) is 0.500. The molecule has 0 aromatic rings. The highest BCUT2D eigenvalue weighted by Crippen LogP contribution is 2.14. The van der Waals surface area contributed by atoms with Gasteiger partial charge in [-0.3, -0.25) is 0 Å². The molecule has 0 fully saturated rings. The third-order valence-electron chi connectivity index (χ3n) is 2.07. The molecule has 0 aromatic heterocycles. The number of allylic oxidation sites excluding steroid dienone is 2. The van der Waals surface area contributed by atoms with Gasteiger partial charge in [0.25, 0.3) is 0 Å². The number of hydrogen-bond acceptors (Lipinski definition) is 2. The average molecular weight is 165 g/mol. The van der Waals surface area contributed by atoms with Crippen molar-refractivity contribution >= 4 is 11.7 Å². The van der Waals surface area contributed by atoms with Crippen molar-refractivity contribution in [1.29, 1.82) is 0 Å². The van der Waals surface area contributed by atoms with Crippen molar-refractivity contribution < 1.29 is 4.79 Å². The van der Waals surface area contributed by atoms with Crippen LogP contribution in [-0.4, -0.2) is 11.7 Å². The largest absolute Gasteiger partial charge is 0.339 e. The first-order valence-electron chi connectivity index (χ1n) is 4.20. The lowest BCUT2D eigenvalue weighted by Crippen LogP contribution is -2.39. The quantitative estimate of drug-likeness (QED) is 0.555. The van der Waals surface area contributed by atoms with Gasteiger partial charge < -0.3 is 5.32 Å². The van der Waals surface area contributed by atoms with E-state index in [9.17, 15) is 4.79 Å². The summed E-state index contributed by atoms with van der Waals surface area (Å²) in [6.07, 6.45) is 6.37. The summed E-state index contributed by atoms with van der Waals surface area (Å²) < 4.78 is 0. The molecule has 12 heavy (non-hydrogen) atoms. The van der Waals surface area contributed by atoms with Crippen molar-refractivity contribution in [2.75, 3.05) is 0 Å². The van der Waals surface area contributed by atoms with Gasteiger partial charge in [-0.15, -0.1) is 0 Å². The molecule has 2 rings (SSSR count). The van der Waals surface area contributed by atoms with Crippen LogP contribution < -0.4 is 10.7 Å². The molecule has 1 aliphatic heterocycles. The van der Waals surface area contributed by atoms with E-state index in [1.54, 1.807) is 0 Å². The fourth-order valence-electron chi connectivity index (χ4n) is 1.44. The molecule has 2 N–H and O–H groups in total. The minimum Gasteiger partial charge on any atom is -0.305 e. The van der Waals surface area contributed by atoms with E-state index in [-0.39, 0.29) is 6.03 Å². The lowest BCUT2D eigenvalue weighted by Gasteiger charge is -2.15. The van der Waals surface area contributed by atoms with Crippen molar-refractivity contribution in [1.82, 2.24) is 10.7 Å². The minimum absolute atomic E-state index is 0.230. The number of amides is 2. The Labute approximate surface area is 70.7 Å². The van der Waals surface area contributed by atoms with Crippen molar-refractivity contribution in [2.24, 2.45) is 5.10 Å². The van der Waals surface area contributed by atoms with E-state index in [4.69, 9.17) is 0 Å². The Hall–Kier alpha value is -1.32. The maximum atomic E-state index is 10.9. The number of rotatable bonds is 0. The first-order chi connectivity index (χ1) is 5.86. The summed E-state index contributed by atoms with van der Waals surface area (Å²) in [5, 5.41) is 6.72. The Kier molecular flexibility index (Phi) is 1.81. The smallest absolute Gasteiger partial charge is 0.305 e. The second kappa shape index (κ2) is 2.97. The van der Waals surface area contributed by atoms with Gasteiger partial charge in [0.05, 0.1) is 11.4 Å². The molecular formula is C8H11N3O. The van der Waals surface area contributed by atoms with E-state index in [1.807, 2.05) is 6.08 Å². The highest BCUT2D eigenvalue weighted by atomic mass is 16.2. The monoisotopic (exact) mass is 165 g/mol. The molecule has 0 unspecified atom stereocenters. The molecule has 0 radical (unpaired) electrons. The molecule has 64 valence electrons. The van der Waals surface area contributed by atoms with Crippen LogP contribution in [0.4, 0.5) is 4.79 Å². The Bertz CT molecular complexity index is 267. The zero-order valence-corrected chi connectivity index (χ0v) is 6.76. The summed E-state index contributed by atoms with van der Waals surface area (Å²) in [6, 6.07) is -0.230. The Morgan fingerprint density at radius 2 is 2.33 bits per heavy atom. The van der Waals surface area contributed by atoms with Gasteiger partial charge in [-0.2, -0.15) is 5.10 Å². The molecule has 4 heteroatoms. The summed E-state index contributed by atoms with van der Waals surface area (Å²) in [5.74, 6) is 0. The topological polar surface area (TPSA) is 53.5 Å². The minimum atomic E-state index is -0.230. The van der Waals surface area contributed by atoms with E-state index in [0.717, 1.165) is 30.7 Å². The van der Waals surface area contributed by atoms with Crippen molar-refractivity contribution in [3.8, 4) is 0 Å². The number of nitrogens with zero attached hydrogens (tertiary/aromatic N) is 1. The third kappa shape index (κ3) is 1.32. The first-order valence-corrected chi connectivity index (χ1v) is 4.20. The molecular weight excluding hydrogens is 154 g/mol. The highest BCUT2D eigenvalue weighted by molar-refractivity contribution is 6.05. The molecule has 4 nitrogen and oxygen atoms in total. The zero-order chi connectivity index (χ0) is 8.39. The third-order valence-corrected chi connectivity index (χ3v) is 2.07. The van der Waals surface area contributed by atoms with Crippen LogP contribution in [0.3, 0.4) is 0 Å². The van der Waals surface area contributed by atoms with Crippen molar-refractivity contribution in [3.05, 3.63) is 11.8 Å². The van der Waals surface area contributed by atoms with Crippen LogP contribution in [0, 0.1) is 0 Å². The molecule has 1 aliphatic carbocycles. The molecule has 0 spiro atoms. The maximum absolute atomic E-state index is 10.9. The summed E-state index contributed by atoms with van der Waals surface area (Å²) in [4.78, 5) is 10.9. The Morgan fingerprint density at radius 3 is 3.25 bits per heavy atom. The number of hydrogen-bond donors (Lipinski definition) is 2. The fourth-order valence-corrected chi connectivity index (χ4v) is 1.44. The summed E-state index contributed by atoms with van der Waals surface area (Å²) in [6.45, 7) is 0. The molecule has 0 atom stereocenters. The van der Waals surface area contributed by atoms with E-state index in [0.29, 0.717) is 0 Å². The number of fused-ring (bicyclic) bond motifs is 1. The van der Waals surface area contributed by atoms with Gasteiger partial charge in [0.1, 0.15) is 0 Å². The van der Waals surface area contributed by atoms with Gasteiger partial charge in [-0.1, -0.05) is 6.08 Å². The van der Waals surface area contributed by atoms with E-state index >= 15 is 0 Å². The van der Waals surface area contributed by atoms with Gasteiger partial charge >= 0.3 is 6.03 Å². The Morgan fingerprint density at radius 1 is 1.42 bits per heavy atom. The molecule has 2 aliphatic rings. The van der Waals surface area contributed by atoms with Crippen LogP contribution >= 0.6 is 0 Å². The standard InChI is InChI=1S/C8H11N3O/c12-8-9-6-4-2-1-3-5-7(6)10-11-8/h4H,1-3,5H2,(H2,9,11,12).